The van der Waals surface area contributed by atoms with Crippen LogP contribution in [0.3, 0.4) is 0 Å². The molecule has 0 saturated carbocycles. The van der Waals surface area contributed by atoms with Crippen LogP contribution in [0.15, 0.2) is 41.6 Å². The van der Waals surface area contributed by atoms with Gasteiger partial charge in [0.1, 0.15) is 5.69 Å². The average Bonchev–Trinajstić information content (AvgIpc) is 3.16. The van der Waals surface area contributed by atoms with Crippen LogP contribution in [0.4, 0.5) is 0 Å². The second-order valence-corrected chi connectivity index (χ2v) is 6.68. The molecule has 0 spiro atoms. The largest absolute Gasteiger partial charge is 0.481 e. The van der Waals surface area contributed by atoms with Gasteiger partial charge in [0.2, 0.25) is 0 Å². The third-order valence-corrected chi connectivity index (χ3v) is 4.93. The molecule has 1 atom stereocenters. The molecular weight excluding hydrogens is 338 g/mol. The monoisotopic (exact) mass is 357 g/mol. The molecule has 0 amide bonds. The minimum Gasteiger partial charge on any atom is -0.481 e. The Bertz CT molecular complexity index is 868. The molecule has 7 nitrogen and oxygen atoms in total. The van der Waals surface area contributed by atoms with E-state index < -0.39 is 5.97 Å². The summed E-state index contributed by atoms with van der Waals surface area (Å²) in [5, 5.41) is 22.6. The molecule has 0 saturated heterocycles. The number of thioether (sulfide) groups is 1. The van der Waals surface area contributed by atoms with Crippen molar-refractivity contribution in [2.75, 3.05) is 5.75 Å². The van der Waals surface area contributed by atoms with Gasteiger partial charge in [-0.2, -0.15) is 5.10 Å². The SMILES string of the molecule is Cc1cc(-c2nnc(SCC(=O)O)n2[C@@H](C)c2ccccc2)nn1C. The van der Waals surface area contributed by atoms with Crippen LogP contribution >= 0.6 is 11.8 Å². The minimum absolute atomic E-state index is 0.0511. The fraction of sp³-hybridized carbons (Fsp3) is 0.294. The Hall–Kier alpha value is -2.61. The molecule has 0 aliphatic carbocycles. The number of aryl methyl sites for hydroxylation is 2. The fourth-order valence-corrected chi connectivity index (χ4v) is 3.31. The Labute approximate surface area is 149 Å². The molecule has 2 heterocycles. The molecule has 0 aliphatic heterocycles. The van der Waals surface area contributed by atoms with Crippen LogP contribution in [0, 0.1) is 6.92 Å². The van der Waals surface area contributed by atoms with Crippen molar-refractivity contribution in [3.05, 3.63) is 47.7 Å². The molecule has 1 aromatic carbocycles. The van der Waals surface area contributed by atoms with Crippen LogP contribution in [0.25, 0.3) is 11.5 Å². The number of nitrogens with zero attached hydrogens (tertiary/aromatic N) is 5. The zero-order chi connectivity index (χ0) is 18.0. The van der Waals surface area contributed by atoms with E-state index in [4.69, 9.17) is 5.11 Å². The van der Waals surface area contributed by atoms with Gasteiger partial charge in [-0.15, -0.1) is 10.2 Å². The maximum Gasteiger partial charge on any atom is 0.313 e. The molecule has 3 aromatic rings. The molecule has 2 aromatic heterocycles. The fourth-order valence-electron chi connectivity index (χ4n) is 2.58. The van der Waals surface area contributed by atoms with E-state index in [0.717, 1.165) is 28.7 Å². The van der Waals surface area contributed by atoms with Crippen molar-refractivity contribution in [3.63, 3.8) is 0 Å². The van der Waals surface area contributed by atoms with Gasteiger partial charge >= 0.3 is 5.97 Å². The Kier molecular flexibility index (Phi) is 4.89. The summed E-state index contributed by atoms with van der Waals surface area (Å²) >= 11 is 1.16. The molecule has 0 fully saturated rings. The topological polar surface area (TPSA) is 85.8 Å². The molecule has 0 unspecified atom stereocenters. The summed E-state index contributed by atoms with van der Waals surface area (Å²) in [4.78, 5) is 11.0. The van der Waals surface area contributed by atoms with Crippen molar-refractivity contribution in [1.29, 1.82) is 0 Å². The highest BCUT2D eigenvalue weighted by molar-refractivity contribution is 7.99. The van der Waals surface area contributed by atoms with E-state index in [1.165, 1.54) is 0 Å². The van der Waals surface area contributed by atoms with Crippen molar-refractivity contribution in [3.8, 4) is 11.5 Å². The minimum atomic E-state index is -0.887. The Balaban J connectivity index is 2.07. The van der Waals surface area contributed by atoms with Gasteiger partial charge in [-0.05, 0) is 25.5 Å². The highest BCUT2D eigenvalue weighted by Crippen LogP contribution is 2.30. The molecule has 1 N–H and O–H groups in total. The van der Waals surface area contributed by atoms with Crippen LogP contribution in [-0.2, 0) is 11.8 Å². The molecule has 0 radical (unpaired) electrons. The summed E-state index contributed by atoms with van der Waals surface area (Å²) in [5.41, 5.74) is 2.82. The predicted molar refractivity (Wildman–Crippen MR) is 95.6 cm³/mol. The van der Waals surface area contributed by atoms with Gasteiger partial charge in [0.05, 0.1) is 11.8 Å². The van der Waals surface area contributed by atoms with Crippen molar-refractivity contribution < 1.29 is 9.90 Å². The molecule has 0 aliphatic rings. The first kappa shape index (κ1) is 17.2. The first-order valence-electron chi connectivity index (χ1n) is 7.83. The summed E-state index contributed by atoms with van der Waals surface area (Å²) in [6, 6.07) is 11.9. The molecule has 0 bridgehead atoms. The second-order valence-electron chi connectivity index (χ2n) is 5.74. The van der Waals surface area contributed by atoms with E-state index in [2.05, 4.69) is 15.3 Å². The number of carboxylic acids is 1. The van der Waals surface area contributed by atoms with Gasteiger partial charge in [0.15, 0.2) is 11.0 Å². The quantitative estimate of drug-likeness (QED) is 0.683. The van der Waals surface area contributed by atoms with Gasteiger partial charge in [-0.25, -0.2) is 0 Å². The van der Waals surface area contributed by atoms with Crippen LogP contribution < -0.4 is 0 Å². The lowest BCUT2D eigenvalue weighted by Gasteiger charge is -2.17. The molecule has 3 rings (SSSR count). The third-order valence-electron chi connectivity index (χ3n) is 4.00. The van der Waals surface area contributed by atoms with E-state index >= 15 is 0 Å². The van der Waals surface area contributed by atoms with Gasteiger partial charge in [-0.3, -0.25) is 14.0 Å². The van der Waals surface area contributed by atoms with E-state index in [1.54, 1.807) is 4.68 Å². The number of carbonyl (C=O) groups is 1. The number of aromatic nitrogens is 5. The normalized spacial score (nSPS) is 12.3. The summed E-state index contributed by atoms with van der Waals surface area (Å²) in [6.07, 6.45) is 0. The van der Waals surface area contributed by atoms with Gasteiger partial charge in [-0.1, -0.05) is 42.1 Å². The highest BCUT2D eigenvalue weighted by Gasteiger charge is 2.22. The van der Waals surface area contributed by atoms with Crippen LogP contribution in [-0.4, -0.2) is 41.4 Å². The molecule has 130 valence electrons. The number of hydrogen-bond acceptors (Lipinski definition) is 5. The van der Waals surface area contributed by atoms with E-state index in [-0.39, 0.29) is 11.8 Å². The highest BCUT2D eigenvalue weighted by atomic mass is 32.2. The van der Waals surface area contributed by atoms with Gasteiger partial charge in [0, 0.05) is 12.7 Å². The number of benzene rings is 1. The standard InChI is InChI=1S/C17H19N5O2S/c1-11-9-14(20-21(11)3)16-18-19-17(25-10-15(23)24)22(16)12(2)13-7-5-4-6-8-13/h4-9,12H,10H2,1-3H3,(H,23,24)/t12-/m0/s1. The van der Waals surface area contributed by atoms with E-state index in [9.17, 15) is 4.79 Å². The van der Waals surface area contributed by atoms with Crippen LogP contribution in [0.2, 0.25) is 0 Å². The van der Waals surface area contributed by atoms with Gasteiger partial charge in [0.25, 0.3) is 0 Å². The molecule has 8 heteroatoms. The number of aliphatic carboxylic acids is 1. The maximum absolute atomic E-state index is 11.0. The summed E-state index contributed by atoms with van der Waals surface area (Å²) in [5.74, 6) is -0.323. The molecule has 25 heavy (non-hydrogen) atoms. The number of carboxylic acid groups (broad SMARTS) is 1. The van der Waals surface area contributed by atoms with E-state index in [1.807, 2.05) is 61.9 Å². The lowest BCUT2D eigenvalue weighted by molar-refractivity contribution is -0.133. The van der Waals surface area contributed by atoms with Crippen LogP contribution in [0.1, 0.15) is 24.2 Å². The second kappa shape index (κ2) is 7.10. The Morgan fingerprint density at radius 3 is 2.60 bits per heavy atom. The average molecular weight is 357 g/mol. The van der Waals surface area contributed by atoms with Crippen molar-refractivity contribution in [1.82, 2.24) is 24.5 Å². The van der Waals surface area contributed by atoms with Crippen molar-refractivity contribution in [2.45, 2.75) is 25.0 Å². The zero-order valence-corrected chi connectivity index (χ0v) is 15.1. The Morgan fingerprint density at radius 2 is 2.00 bits per heavy atom. The van der Waals surface area contributed by atoms with Crippen LogP contribution in [0.5, 0.6) is 0 Å². The molecular formula is C17H19N5O2S. The van der Waals surface area contributed by atoms with E-state index in [0.29, 0.717) is 11.0 Å². The van der Waals surface area contributed by atoms with Crippen molar-refractivity contribution >= 4 is 17.7 Å². The first-order valence-corrected chi connectivity index (χ1v) is 8.81. The lowest BCUT2D eigenvalue weighted by atomic mass is 10.1. The summed E-state index contributed by atoms with van der Waals surface area (Å²) in [7, 11) is 1.88. The maximum atomic E-state index is 11.0. The summed E-state index contributed by atoms with van der Waals surface area (Å²) < 4.78 is 3.73. The lowest BCUT2D eigenvalue weighted by Crippen LogP contribution is -2.11. The summed E-state index contributed by atoms with van der Waals surface area (Å²) in [6.45, 7) is 4.01. The number of rotatable bonds is 6. The van der Waals surface area contributed by atoms with Gasteiger partial charge < -0.3 is 5.11 Å². The first-order chi connectivity index (χ1) is 12.0. The Morgan fingerprint density at radius 1 is 1.28 bits per heavy atom. The zero-order valence-electron chi connectivity index (χ0n) is 14.2. The third kappa shape index (κ3) is 3.58. The predicted octanol–water partition coefficient (Wildman–Crippen LogP) is 2.77. The smallest absolute Gasteiger partial charge is 0.313 e. The van der Waals surface area contributed by atoms with Crippen molar-refractivity contribution in [2.24, 2.45) is 7.05 Å². The number of hydrogen-bond donors (Lipinski definition) is 1.